The Morgan fingerprint density at radius 3 is 3.07 bits per heavy atom. The van der Waals surface area contributed by atoms with Crippen molar-refractivity contribution >= 4 is 23.3 Å². The predicted octanol–water partition coefficient (Wildman–Crippen LogP) is 0.663. The van der Waals surface area contributed by atoms with E-state index < -0.39 is 0 Å². The summed E-state index contributed by atoms with van der Waals surface area (Å²) in [4.78, 5) is 18.9. The maximum Gasteiger partial charge on any atom is 0.229 e. The molecule has 1 aromatic heterocycles. The van der Waals surface area contributed by atoms with Gasteiger partial charge in [0, 0.05) is 18.7 Å². The van der Waals surface area contributed by atoms with Gasteiger partial charge >= 0.3 is 0 Å². The fourth-order valence-electron chi connectivity index (χ4n) is 0.761. The Hall–Kier alpha value is -1.20. The summed E-state index contributed by atoms with van der Waals surface area (Å²) < 4.78 is 0. The topological polar surface area (TPSA) is 80.9 Å². The van der Waals surface area contributed by atoms with Crippen LogP contribution in [0.3, 0.4) is 0 Å². The minimum absolute atomic E-state index is 0.100. The van der Waals surface area contributed by atoms with Crippen molar-refractivity contribution in [2.45, 2.75) is 6.92 Å². The van der Waals surface area contributed by atoms with Gasteiger partial charge in [0.05, 0.1) is 0 Å². The number of anilines is 1. The molecule has 0 aliphatic carbocycles. The van der Waals surface area contributed by atoms with Crippen molar-refractivity contribution in [3.8, 4) is 0 Å². The molecule has 5 nitrogen and oxygen atoms in total. The first-order valence-corrected chi connectivity index (χ1v) is 4.50. The first-order valence-electron chi connectivity index (χ1n) is 4.13. The molecule has 1 aromatic rings. The second kappa shape index (κ2) is 4.88. The van der Waals surface area contributed by atoms with Gasteiger partial charge < -0.3 is 11.1 Å². The Balaban J connectivity index is 2.65. The second-order valence-electron chi connectivity index (χ2n) is 2.84. The Morgan fingerprint density at radius 2 is 2.50 bits per heavy atom. The first-order chi connectivity index (χ1) is 6.63. The molecule has 0 saturated carbocycles. The van der Waals surface area contributed by atoms with E-state index in [1.807, 2.05) is 0 Å². The van der Waals surface area contributed by atoms with Gasteiger partial charge in [-0.2, -0.15) is 0 Å². The quantitative estimate of drug-likeness (QED) is 0.725. The maximum absolute atomic E-state index is 11.4. The van der Waals surface area contributed by atoms with Crippen LogP contribution in [0, 0.1) is 5.92 Å². The van der Waals surface area contributed by atoms with E-state index in [-0.39, 0.29) is 17.1 Å². The van der Waals surface area contributed by atoms with Crippen molar-refractivity contribution < 1.29 is 4.79 Å². The summed E-state index contributed by atoms with van der Waals surface area (Å²) in [7, 11) is 0. The molecule has 0 aromatic carbocycles. The standard InChI is InChI=1S/C8H11ClN4O/c1-5(4-10)7(14)12-6-2-3-11-8(9)13-6/h2-3,5H,4,10H2,1H3,(H,11,12,13,14). The normalized spacial score (nSPS) is 12.2. The summed E-state index contributed by atoms with van der Waals surface area (Å²) in [6.07, 6.45) is 1.47. The zero-order valence-corrected chi connectivity index (χ0v) is 8.45. The van der Waals surface area contributed by atoms with E-state index in [0.29, 0.717) is 12.4 Å². The SMILES string of the molecule is CC(CN)C(=O)Nc1ccnc(Cl)n1. The highest BCUT2D eigenvalue weighted by Gasteiger charge is 2.11. The third-order valence-electron chi connectivity index (χ3n) is 1.68. The van der Waals surface area contributed by atoms with Gasteiger partial charge in [0.25, 0.3) is 0 Å². The van der Waals surface area contributed by atoms with Crippen LogP contribution < -0.4 is 11.1 Å². The molecule has 0 saturated heterocycles. The van der Waals surface area contributed by atoms with E-state index >= 15 is 0 Å². The summed E-state index contributed by atoms with van der Waals surface area (Å²) in [6, 6.07) is 1.56. The second-order valence-corrected chi connectivity index (χ2v) is 3.17. The van der Waals surface area contributed by atoms with Gasteiger partial charge in [-0.15, -0.1) is 0 Å². The fourth-order valence-corrected chi connectivity index (χ4v) is 0.908. The lowest BCUT2D eigenvalue weighted by molar-refractivity contribution is -0.119. The third kappa shape index (κ3) is 2.93. The molecule has 1 amide bonds. The van der Waals surface area contributed by atoms with E-state index in [9.17, 15) is 4.79 Å². The Bertz CT molecular complexity index is 331. The molecule has 0 radical (unpaired) electrons. The average Bonchev–Trinajstić information content (AvgIpc) is 2.16. The number of halogens is 1. The number of amides is 1. The maximum atomic E-state index is 11.4. The van der Waals surface area contributed by atoms with E-state index in [2.05, 4.69) is 15.3 Å². The molecule has 0 aliphatic rings. The fraction of sp³-hybridized carbons (Fsp3) is 0.375. The lowest BCUT2D eigenvalue weighted by Crippen LogP contribution is -2.27. The molecule has 0 spiro atoms. The Morgan fingerprint density at radius 1 is 1.79 bits per heavy atom. The number of aromatic nitrogens is 2. The average molecular weight is 215 g/mol. The van der Waals surface area contributed by atoms with Gasteiger partial charge in [-0.05, 0) is 17.7 Å². The molecule has 0 aliphatic heterocycles. The van der Waals surface area contributed by atoms with Crippen LogP contribution in [0.25, 0.3) is 0 Å². The van der Waals surface area contributed by atoms with Crippen LogP contribution in [0.15, 0.2) is 12.3 Å². The molecule has 1 atom stereocenters. The third-order valence-corrected chi connectivity index (χ3v) is 1.86. The Kier molecular flexibility index (Phi) is 3.79. The van der Waals surface area contributed by atoms with Crippen LogP contribution in [0.4, 0.5) is 5.82 Å². The summed E-state index contributed by atoms with van der Waals surface area (Å²) in [6.45, 7) is 2.03. The summed E-state index contributed by atoms with van der Waals surface area (Å²) in [5, 5.41) is 2.68. The Labute approximate surface area is 86.7 Å². The van der Waals surface area contributed by atoms with Gasteiger partial charge in [-0.3, -0.25) is 4.79 Å². The number of nitrogens with zero attached hydrogens (tertiary/aromatic N) is 2. The molecule has 14 heavy (non-hydrogen) atoms. The minimum atomic E-state index is -0.247. The smallest absolute Gasteiger partial charge is 0.229 e. The van der Waals surface area contributed by atoms with Crippen LogP contribution in [0.1, 0.15) is 6.92 Å². The van der Waals surface area contributed by atoms with Crippen molar-refractivity contribution in [1.29, 1.82) is 0 Å². The van der Waals surface area contributed by atoms with Crippen molar-refractivity contribution in [1.82, 2.24) is 9.97 Å². The molecule has 0 fully saturated rings. The number of carbonyl (C=O) groups is 1. The lowest BCUT2D eigenvalue weighted by Gasteiger charge is -2.08. The summed E-state index contributed by atoms with van der Waals surface area (Å²) >= 11 is 5.54. The van der Waals surface area contributed by atoms with Gasteiger partial charge in [0.2, 0.25) is 11.2 Å². The van der Waals surface area contributed by atoms with Gasteiger partial charge in [0.15, 0.2) is 0 Å². The van der Waals surface area contributed by atoms with Crippen molar-refractivity contribution in [3.05, 3.63) is 17.5 Å². The van der Waals surface area contributed by atoms with Crippen molar-refractivity contribution in [3.63, 3.8) is 0 Å². The lowest BCUT2D eigenvalue weighted by atomic mass is 10.2. The minimum Gasteiger partial charge on any atom is -0.330 e. The highest BCUT2D eigenvalue weighted by Crippen LogP contribution is 2.07. The van der Waals surface area contributed by atoms with E-state index in [0.717, 1.165) is 0 Å². The largest absolute Gasteiger partial charge is 0.330 e. The number of hydrogen-bond acceptors (Lipinski definition) is 4. The molecule has 1 unspecified atom stereocenters. The van der Waals surface area contributed by atoms with Crippen molar-refractivity contribution in [2.75, 3.05) is 11.9 Å². The monoisotopic (exact) mass is 214 g/mol. The van der Waals surface area contributed by atoms with Crippen molar-refractivity contribution in [2.24, 2.45) is 11.7 Å². The molecule has 1 rings (SSSR count). The number of hydrogen-bond donors (Lipinski definition) is 2. The van der Waals surface area contributed by atoms with E-state index in [1.54, 1.807) is 13.0 Å². The molecule has 0 bridgehead atoms. The molecule has 1 heterocycles. The van der Waals surface area contributed by atoms with Crippen LogP contribution in [0.5, 0.6) is 0 Å². The van der Waals surface area contributed by atoms with Gasteiger partial charge in [-0.1, -0.05) is 6.92 Å². The van der Waals surface area contributed by atoms with Gasteiger partial charge in [-0.25, -0.2) is 9.97 Å². The zero-order chi connectivity index (χ0) is 10.6. The number of nitrogens with two attached hydrogens (primary N) is 1. The summed E-state index contributed by atoms with van der Waals surface area (Å²) in [5.74, 6) is -0.0405. The number of carbonyl (C=O) groups excluding carboxylic acids is 1. The molecule has 76 valence electrons. The highest BCUT2D eigenvalue weighted by molar-refractivity contribution is 6.28. The number of nitrogens with one attached hydrogen (secondary N) is 1. The van der Waals surface area contributed by atoms with Crippen LogP contribution in [-0.2, 0) is 4.79 Å². The predicted molar refractivity (Wildman–Crippen MR) is 53.9 cm³/mol. The molecule has 6 heteroatoms. The molecule has 3 N–H and O–H groups in total. The number of rotatable bonds is 3. The van der Waals surface area contributed by atoms with Crippen LogP contribution in [-0.4, -0.2) is 22.4 Å². The molecular weight excluding hydrogens is 204 g/mol. The zero-order valence-electron chi connectivity index (χ0n) is 7.70. The van der Waals surface area contributed by atoms with Gasteiger partial charge in [0.1, 0.15) is 5.82 Å². The summed E-state index contributed by atoms with van der Waals surface area (Å²) in [5.41, 5.74) is 5.34. The van der Waals surface area contributed by atoms with E-state index in [4.69, 9.17) is 17.3 Å². The van der Waals surface area contributed by atoms with Crippen LogP contribution in [0.2, 0.25) is 5.28 Å². The highest BCUT2D eigenvalue weighted by atomic mass is 35.5. The van der Waals surface area contributed by atoms with E-state index in [1.165, 1.54) is 6.20 Å². The molecular formula is C8H11ClN4O. The first kappa shape index (κ1) is 10.9. The van der Waals surface area contributed by atoms with Crippen LogP contribution >= 0.6 is 11.6 Å².